The van der Waals surface area contributed by atoms with Gasteiger partial charge < -0.3 is 5.32 Å². The highest BCUT2D eigenvalue weighted by molar-refractivity contribution is 5.20. The van der Waals surface area contributed by atoms with Gasteiger partial charge in [-0.2, -0.15) is 0 Å². The van der Waals surface area contributed by atoms with Gasteiger partial charge in [0.1, 0.15) is 0 Å². The lowest BCUT2D eigenvalue weighted by Crippen LogP contribution is -2.33. The van der Waals surface area contributed by atoms with Gasteiger partial charge in [0, 0.05) is 12.6 Å². The van der Waals surface area contributed by atoms with Crippen LogP contribution in [-0.4, -0.2) is 6.54 Å². The maximum Gasteiger partial charge on any atom is 0.0348 e. The van der Waals surface area contributed by atoms with Crippen LogP contribution >= 0.6 is 0 Å². The first kappa shape index (κ1) is 14.1. The molecule has 1 nitrogen and oxygen atoms in total. The van der Waals surface area contributed by atoms with E-state index in [0.29, 0.717) is 11.5 Å². The molecule has 0 aromatic heterocycles. The zero-order chi connectivity index (χ0) is 13.8. The quantitative estimate of drug-likeness (QED) is 0.760. The first-order valence-corrected chi connectivity index (χ1v) is 8.61. The van der Waals surface area contributed by atoms with Gasteiger partial charge in [-0.15, -0.1) is 0 Å². The molecule has 1 atom stereocenters. The van der Waals surface area contributed by atoms with Crippen LogP contribution in [0.2, 0.25) is 0 Å². The van der Waals surface area contributed by atoms with Crippen molar-refractivity contribution in [3.05, 3.63) is 35.9 Å². The van der Waals surface area contributed by atoms with E-state index in [1.54, 1.807) is 0 Å². The van der Waals surface area contributed by atoms with Crippen LogP contribution in [0.3, 0.4) is 0 Å². The van der Waals surface area contributed by atoms with Crippen molar-refractivity contribution < 1.29 is 0 Å². The van der Waals surface area contributed by atoms with E-state index in [-0.39, 0.29) is 0 Å². The van der Waals surface area contributed by atoms with Crippen LogP contribution in [0.5, 0.6) is 0 Å². The average molecular weight is 271 g/mol. The molecule has 2 aliphatic rings. The first-order valence-electron chi connectivity index (χ1n) is 8.61. The van der Waals surface area contributed by atoms with Crippen molar-refractivity contribution in [3.63, 3.8) is 0 Å². The molecule has 2 aliphatic carbocycles. The summed E-state index contributed by atoms with van der Waals surface area (Å²) in [4.78, 5) is 0. The molecular weight excluding hydrogens is 242 g/mol. The minimum atomic E-state index is 0.584. The molecule has 0 radical (unpaired) electrons. The highest BCUT2D eigenvalue weighted by Gasteiger charge is 2.41. The van der Waals surface area contributed by atoms with E-state index >= 15 is 0 Å². The van der Waals surface area contributed by atoms with Crippen molar-refractivity contribution >= 4 is 0 Å². The molecule has 3 rings (SSSR count). The SMILES string of the molecule is CCC1(CNC(c2ccccc2)C2CCCCC2)CC1. The molecule has 2 saturated carbocycles. The topological polar surface area (TPSA) is 12.0 Å². The predicted molar refractivity (Wildman–Crippen MR) is 85.7 cm³/mol. The summed E-state index contributed by atoms with van der Waals surface area (Å²) in [7, 11) is 0. The van der Waals surface area contributed by atoms with E-state index in [4.69, 9.17) is 0 Å². The molecule has 0 amide bonds. The number of benzene rings is 1. The summed E-state index contributed by atoms with van der Waals surface area (Å²) in [5, 5.41) is 3.96. The van der Waals surface area contributed by atoms with Crippen molar-refractivity contribution in [1.29, 1.82) is 0 Å². The zero-order valence-electron chi connectivity index (χ0n) is 12.9. The third-order valence-electron chi connectivity index (χ3n) is 5.68. The van der Waals surface area contributed by atoms with Gasteiger partial charge in [0.25, 0.3) is 0 Å². The number of hydrogen-bond donors (Lipinski definition) is 1. The molecule has 0 bridgehead atoms. The summed E-state index contributed by atoms with van der Waals surface area (Å²) < 4.78 is 0. The molecule has 110 valence electrons. The fourth-order valence-corrected chi connectivity index (χ4v) is 3.84. The second-order valence-electron chi connectivity index (χ2n) is 7.02. The molecule has 0 saturated heterocycles. The molecule has 1 N–H and O–H groups in total. The third kappa shape index (κ3) is 3.25. The van der Waals surface area contributed by atoms with Gasteiger partial charge in [-0.3, -0.25) is 0 Å². The Morgan fingerprint density at radius 3 is 2.40 bits per heavy atom. The molecule has 20 heavy (non-hydrogen) atoms. The van der Waals surface area contributed by atoms with Crippen LogP contribution in [-0.2, 0) is 0 Å². The van der Waals surface area contributed by atoms with Crippen molar-refractivity contribution in [2.24, 2.45) is 11.3 Å². The van der Waals surface area contributed by atoms with Gasteiger partial charge in [-0.05, 0) is 49.0 Å². The third-order valence-corrected chi connectivity index (χ3v) is 5.68. The number of nitrogens with one attached hydrogen (secondary N) is 1. The van der Waals surface area contributed by atoms with E-state index in [9.17, 15) is 0 Å². The van der Waals surface area contributed by atoms with E-state index in [2.05, 4.69) is 42.6 Å². The van der Waals surface area contributed by atoms with Gasteiger partial charge in [-0.1, -0.05) is 56.5 Å². The Morgan fingerprint density at radius 2 is 1.80 bits per heavy atom. The smallest absolute Gasteiger partial charge is 0.0348 e. The van der Waals surface area contributed by atoms with Crippen molar-refractivity contribution in [1.82, 2.24) is 5.32 Å². The average Bonchev–Trinajstić information content (AvgIpc) is 3.30. The summed E-state index contributed by atoms with van der Waals surface area (Å²) in [6.45, 7) is 3.58. The van der Waals surface area contributed by atoms with Crippen LogP contribution < -0.4 is 5.32 Å². The van der Waals surface area contributed by atoms with Crippen LogP contribution in [0.1, 0.15) is 69.9 Å². The summed E-state index contributed by atoms with van der Waals surface area (Å²) in [5.74, 6) is 0.846. The standard InChI is InChI=1S/C19H29N/c1-2-19(13-14-19)15-20-18(16-9-5-3-6-10-16)17-11-7-4-8-12-17/h3,5-6,9-10,17-18,20H,2,4,7-8,11-15H2,1H3. The lowest BCUT2D eigenvalue weighted by Gasteiger charge is -2.32. The molecule has 0 aliphatic heterocycles. The molecule has 1 aromatic carbocycles. The Bertz CT molecular complexity index is 401. The lowest BCUT2D eigenvalue weighted by atomic mass is 9.81. The summed E-state index contributed by atoms with van der Waals surface area (Å²) in [5.41, 5.74) is 2.15. The Hall–Kier alpha value is -0.820. The largest absolute Gasteiger partial charge is 0.309 e. The maximum atomic E-state index is 3.96. The van der Waals surface area contributed by atoms with Gasteiger partial charge in [0.2, 0.25) is 0 Å². The van der Waals surface area contributed by atoms with Gasteiger partial charge in [-0.25, -0.2) is 0 Å². The molecule has 1 unspecified atom stereocenters. The summed E-state index contributed by atoms with van der Waals surface area (Å²) >= 11 is 0. The van der Waals surface area contributed by atoms with Gasteiger partial charge in [0.05, 0.1) is 0 Å². The fourth-order valence-electron chi connectivity index (χ4n) is 3.84. The van der Waals surface area contributed by atoms with Crippen molar-refractivity contribution in [3.8, 4) is 0 Å². The Labute approximate surface area is 124 Å². The van der Waals surface area contributed by atoms with Crippen LogP contribution in [0.25, 0.3) is 0 Å². The van der Waals surface area contributed by atoms with Gasteiger partial charge >= 0.3 is 0 Å². The monoisotopic (exact) mass is 271 g/mol. The Balaban J connectivity index is 1.69. The van der Waals surface area contributed by atoms with Gasteiger partial charge in [0.15, 0.2) is 0 Å². The number of hydrogen-bond acceptors (Lipinski definition) is 1. The van der Waals surface area contributed by atoms with E-state index in [0.717, 1.165) is 5.92 Å². The van der Waals surface area contributed by atoms with Crippen molar-refractivity contribution in [2.75, 3.05) is 6.54 Å². The summed E-state index contributed by atoms with van der Waals surface area (Å²) in [6, 6.07) is 11.7. The molecule has 1 heteroatoms. The van der Waals surface area contributed by atoms with Crippen LogP contribution in [0, 0.1) is 11.3 Å². The molecular formula is C19H29N. The maximum absolute atomic E-state index is 3.96. The van der Waals surface area contributed by atoms with E-state index < -0.39 is 0 Å². The summed E-state index contributed by atoms with van der Waals surface area (Å²) in [6.07, 6.45) is 11.3. The molecule has 0 spiro atoms. The predicted octanol–water partition coefficient (Wildman–Crippen LogP) is 5.09. The zero-order valence-corrected chi connectivity index (χ0v) is 12.9. The molecule has 0 heterocycles. The van der Waals surface area contributed by atoms with E-state index in [1.165, 1.54) is 63.5 Å². The second kappa shape index (κ2) is 6.30. The fraction of sp³-hybridized carbons (Fsp3) is 0.684. The molecule has 2 fully saturated rings. The Morgan fingerprint density at radius 1 is 1.10 bits per heavy atom. The first-order chi connectivity index (χ1) is 9.83. The lowest BCUT2D eigenvalue weighted by molar-refractivity contribution is 0.256. The van der Waals surface area contributed by atoms with Crippen LogP contribution in [0.4, 0.5) is 0 Å². The van der Waals surface area contributed by atoms with Crippen molar-refractivity contribution in [2.45, 2.75) is 64.3 Å². The Kier molecular flexibility index (Phi) is 4.45. The highest BCUT2D eigenvalue weighted by Crippen LogP contribution is 2.48. The van der Waals surface area contributed by atoms with E-state index in [1.807, 2.05) is 0 Å². The highest BCUT2D eigenvalue weighted by atomic mass is 14.9. The normalized spacial score (nSPS) is 23.4. The minimum absolute atomic E-state index is 0.584. The second-order valence-corrected chi connectivity index (χ2v) is 7.02. The molecule has 1 aromatic rings. The number of rotatable bonds is 6. The van der Waals surface area contributed by atoms with Crippen LogP contribution in [0.15, 0.2) is 30.3 Å². The minimum Gasteiger partial charge on any atom is -0.309 e.